The normalized spacial score (nSPS) is 15.9. The summed E-state index contributed by atoms with van der Waals surface area (Å²) >= 11 is 6.10. The third kappa shape index (κ3) is 6.03. The summed E-state index contributed by atoms with van der Waals surface area (Å²) < 4.78 is 34.0. The van der Waals surface area contributed by atoms with Gasteiger partial charge in [0, 0.05) is 62.5 Å². The van der Waals surface area contributed by atoms with E-state index < -0.39 is 11.6 Å². The maximum absolute atomic E-state index is 14.5. The number of nitrogens with zero attached hydrogens (tertiary/aromatic N) is 4. The van der Waals surface area contributed by atoms with Gasteiger partial charge >= 0.3 is 0 Å². The molecule has 38 heavy (non-hydrogen) atoms. The number of morpholine rings is 1. The number of carbonyl (C=O) groups is 1. The summed E-state index contributed by atoms with van der Waals surface area (Å²) in [5, 5.41) is 5.99. The standard InChI is InChI=1S/C27H29ClF2N6O2/c28-24-20(21(29)5-6-22(24)30)17-36-9-2-7-31-25-26(36)34-23(16-33-25)18-3-1-4-19(15-18)27(37)32-8-10-35-11-13-38-14-12-35/h1,3-6,15-16H,2,7-14,17H2,(H,31,33)(H,32,37). The Balaban J connectivity index is 1.35. The Morgan fingerprint density at radius 1 is 1.13 bits per heavy atom. The first-order valence-corrected chi connectivity index (χ1v) is 13.0. The average Bonchev–Trinajstić information content (AvgIpc) is 3.15. The number of aromatic nitrogens is 2. The van der Waals surface area contributed by atoms with Crippen LogP contribution in [0.25, 0.3) is 11.3 Å². The van der Waals surface area contributed by atoms with E-state index in [9.17, 15) is 13.6 Å². The van der Waals surface area contributed by atoms with E-state index in [0.29, 0.717) is 42.5 Å². The highest BCUT2D eigenvalue weighted by Gasteiger charge is 2.23. The zero-order valence-electron chi connectivity index (χ0n) is 20.9. The molecule has 0 saturated carbocycles. The summed E-state index contributed by atoms with van der Waals surface area (Å²) in [6, 6.07) is 9.29. The van der Waals surface area contributed by atoms with E-state index in [1.165, 1.54) is 0 Å². The Kier molecular flexibility index (Phi) is 8.31. The smallest absolute Gasteiger partial charge is 0.251 e. The van der Waals surface area contributed by atoms with Gasteiger partial charge in [0.1, 0.15) is 11.6 Å². The Labute approximate surface area is 225 Å². The van der Waals surface area contributed by atoms with E-state index in [-0.39, 0.29) is 23.0 Å². The second kappa shape index (κ2) is 12.0. The molecule has 1 fully saturated rings. The number of hydrogen-bond donors (Lipinski definition) is 2. The van der Waals surface area contributed by atoms with Gasteiger partial charge in [-0.05, 0) is 30.7 Å². The highest BCUT2D eigenvalue weighted by Crippen LogP contribution is 2.32. The van der Waals surface area contributed by atoms with Crippen LogP contribution in [0.15, 0.2) is 42.6 Å². The first-order chi connectivity index (χ1) is 18.5. The van der Waals surface area contributed by atoms with Gasteiger partial charge in [-0.3, -0.25) is 9.69 Å². The molecule has 2 aromatic carbocycles. The molecule has 2 N–H and O–H groups in total. The van der Waals surface area contributed by atoms with Gasteiger partial charge in [0.2, 0.25) is 0 Å². The fourth-order valence-corrected chi connectivity index (χ4v) is 4.79. The van der Waals surface area contributed by atoms with Crippen LogP contribution >= 0.6 is 11.6 Å². The predicted octanol–water partition coefficient (Wildman–Crippen LogP) is 3.96. The Bertz CT molecular complexity index is 1300. The lowest BCUT2D eigenvalue weighted by Gasteiger charge is -2.26. The van der Waals surface area contributed by atoms with Crippen LogP contribution in [0.5, 0.6) is 0 Å². The van der Waals surface area contributed by atoms with Crippen LogP contribution < -0.4 is 15.5 Å². The lowest BCUT2D eigenvalue weighted by Crippen LogP contribution is -2.41. The van der Waals surface area contributed by atoms with Crippen molar-refractivity contribution in [3.63, 3.8) is 0 Å². The van der Waals surface area contributed by atoms with E-state index in [1.807, 2.05) is 11.0 Å². The van der Waals surface area contributed by atoms with Gasteiger partial charge in [-0.25, -0.2) is 18.7 Å². The van der Waals surface area contributed by atoms with Crippen molar-refractivity contribution in [1.82, 2.24) is 20.2 Å². The molecule has 3 aromatic rings. The zero-order chi connectivity index (χ0) is 26.5. The summed E-state index contributed by atoms with van der Waals surface area (Å²) in [5.74, 6) is -0.346. The van der Waals surface area contributed by atoms with Crippen LogP contribution in [0.2, 0.25) is 5.02 Å². The van der Waals surface area contributed by atoms with Crippen molar-refractivity contribution in [3.8, 4) is 11.3 Å². The molecule has 3 heterocycles. The highest BCUT2D eigenvalue weighted by molar-refractivity contribution is 6.31. The number of fused-ring (bicyclic) bond motifs is 1. The van der Waals surface area contributed by atoms with Crippen molar-refractivity contribution in [2.24, 2.45) is 0 Å². The minimum absolute atomic E-state index is 0.0425. The average molecular weight is 543 g/mol. The molecule has 1 aromatic heterocycles. The number of hydrogen-bond acceptors (Lipinski definition) is 7. The van der Waals surface area contributed by atoms with Crippen molar-refractivity contribution in [2.45, 2.75) is 13.0 Å². The fraction of sp³-hybridized carbons (Fsp3) is 0.370. The number of ether oxygens (including phenoxy) is 1. The largest absolute Gasteiger partial charge is 0.379 e. The fourth-order valence-electron chi connectivity index (χ4n) is 4.58. The molecule has 1 amide bonds. The topological polar surface area (TPSA) is 82.6 Å². The van der Waals surface area contributed by atoms with Crippen LogP contribution in [0.1, 0.15) is 22.3 Å². The number of rotatable bonds is 7. The number of anilines is 2. The SMILES string of the molecule is O=C(NCCN1CCOCC1)c1cccc(-c2cnc3c(n2)N(Cc2c(F)ccc(F)c2Cl)CCCN3)c1. The molecule has 0 atom stereocenters. The van der Waals surface area contributed by atoms with Gasteiger partial charge in [0.25, 0.3) is 5.91 Å². The van der Waals surface area contributed by atoms with Crippen LogP contribution in [0.4, 0.5) is 20.4 Å². The van der Waals surface area contributed by atoms with Gasteiger partial charge in [0.15, 0.2) is 11.6 Å². The van der Waals surface area contributed by atoms with Crippen LogP contribution in [0, 0.1) is 11.6 Å². The van der Waals surface area contributed by atoms with E-state index >= 15 is 0 Å². The molecule has 0 radical (unpaired) electrons. The maximum atomic E-state index is 14.5. The third-order valence-corrected chi connectivity index (χ3v) is 7.09. The van der Waals surface area contributed by atoms with Crippen LogP contribution in [-0.4, -0.2) is 73.3 Å². The zero-order valence-corrected chi connectivity index (χ0v) is 21.6. The second-order valence-electron chi connectivity index (χ2n) is 9.24. The van der Waals surface area contributed by atoms with Crippen molar-refractivity contribution in [1.29, 1.82) is 0 Å². The van der Waals surface area contributed by atoms with Crippen LogP contribution in [0.3, 0.4) is 0 Å². The van der Waals surface area contributed by atoms with E-state index in [2.05, 4.69) is 20.5 Å². The summed E-state index contributed by atoms with van der Waals surface area (Å²) in [7, 11) is 0. The minimum Gasteiger partial charge on any atom is -0.379 e. The number of benzene rings is 2. The van der Waals surface area contributed by atoms with E-state index in [4.69, 9.17) is 21.3 Å². The molecule has 8 nitrogen and oxygen atoms in total. The van der Waals surface area contributed by atoms with Crippen molar-refractivity contribution in [3.05, 3.63) is 70.4 Å². The molecule has 5 rings (SSSR count). The molecule has 2 aliphatic heterocycles. The Morgan fingerprint density at radius 2 is 1.95 bits per heavy atom. The van der Waals surface area contributed by atoms with Gasteiger partial charge < -0.3 is 20.3 Å². The summed E-state index contributed by atoms with van der Waals surface area (Å²) in [4.78, 5) is 26.3. The second-order valence-corrected chi connectivity index (χ2v) is 9.62. The molecular formula is C27H29ClF2N6O2. The van der Waals surface area contributed by atoms with E-state index in [1.54, 1.807) is 24.4 Å². The Hall–Kier alpha value is -3.34. The minimum atomic E-state index is -0.670. The number of nitrogens with one attached hydrogen (secondary N) is 2. The number of halogens is 3. The first kappa shape index (κ1) is 26.3. The molecule has 200 valence electrons. The molecule has 0 unspecified atom stereocenters. The summed E-state index contributed by atoms with van der Waals surface area (Å²) in [6.07, 6.45) is 2.39. The van der Waals surface area contributed by atoms with Crippen molar-refractivity contribution in [2.75, 3.05) is 62.7 Å². The quantitative estimate of drug-likeness (QED) is 0.437. The van der Waals surface area contributed by atoms with Crippen molar-refractivity contribution < 1.29 is 18.3 Å². The highest BCUT2D eigenvalue weighted by atomic mass is 35.5. The van der Waals surface area contributed by atoms with Gasteiger partial charge in [-0.2, -0.15) is 0 Å². The lowest BCUT2D eigenvalue weighted by molar-refractivity contribution is 0.0383. The number of amides is 1. The predicted molar refractivity (Wildman–Crippen MR) is 143 cm³/mol. The summed E-state index contributed by atoms with van der Waals surface area (Å²) in [5.41, 5.74) is 1.87. The first-order valence-electron chi connectivity index (χ1n) is 12.7. The molecule has 1 saturated heterocycles. The monoisotopic (exact) mass is 542 g/mol. The van der Waals surface area contributed by atoms with Gasteiger partial charge in [0.05, 0.1) is 30.1 Å². The number of carbonyl (C=O) groups excluding carboxylic acids is 1. The molecule has 11 heteroatoms. The van der Waals surface area contributed by atoms with Gasteiger partial charge in [-0.15, -0.1) is 0 Å². The van der Waals surface area contributed by atoms with E-state index in [0.717, 1.165) is 57.0 Å². The maximum Gasteiger partial charge on any atom is 0.251 e. The Morgan fingerprint density at radius 3 is 2.79 bits per heavy atom. The van der Waals surface area contributed by atoms with Gasteiger partial charge in [-0.1, -0.05) is 23.7 Å². The van der Waals surface area contributed by atoms with Crippen molar-refractivity contribution >= 4 is 29.1 Å². The molecule has 0 spiro atoms. The third-order valence-electron chi connectivity index (χ3n) is 6.68. The molecule has 0 aliphatic carbocycles. The summed E-state index contributed by atoms with van der Waals surface area (Å²) in [6.45, 7) is 5.74. The molecule has 2 aliphatic rings. The van der Waals surface area contributed by atoms with Crippen LogP contribution in [-0.2, 0) is 11.3 Å². The molecular weight excluding hydrogens is 514 g/mol. The molecule has 0 bridgehead atoms. The lowest BCUT2D eigenvalue weighted by atomic mass is 10.1.